The van der Waals surface area contributed by atoms with E-state index in [4.69, 9.17) is 5.11 Å². The van der Waals surface area contributed by atoms with E-state index in [9.17, 15) is 13.2 Å². The molecule has 18 heavy (non-hydrogen) atoms. The first-order valence-corrected chi connectivity index (χ1v) is 7.44. The van der Waals surface area contributed by atoms with Crippen LogP contribution in [0.5, 0.6) is 0 Å². The number of aromatic carboxylic acids is 1. The predicted molar refractivity (Wildman–Crippen MR) is 68.7 cm³/mol. The Morgan fingerprint density at radius 2 is 1.94 bits per heavy atom. The van der Waals surface area contributed by atoms with Gasteiger partial charge in [-0.15, -0.1) is 0 Å². The van der Waals surface area contributed by atoms with Crippen LogP contribution in [0.15, 0.2) is 24.3 Å². The van der Waals surface area contributed by atoms with Gasteiger partial charge in [-0.3, -0.25) is 0 Å². The van der Waals surface area contributed by atoms with Crippen molar-refractivity contribution in [3.05, 3.63) is 29.8 Å². The van der Waals surface area contributed by atoms with Gasteiger partial charge in [-0.25, -0.2) is 13.2 Å². The molecule has 2 N–H and O–H groups in total. The van der Waals surface area contributed by atoms with Gasteiger partial charge in [0.2, 0.25) is 0 Å². The second-order valence-electron chi connectivity index (χ2n) is 4.91. The average Bonchev–Trinajstić information content (AvgIpc) is 2.53. The summed E-state index contributed by atoms with van der Waals surface area (Å²) in [5.41, 5.74) is 0.480. The normalized spacial score (nSPS) is 25.8. The highest BCUT2D eigenvalue weighted by atomic mass is 32.2. The molecule has 0 aromatic heterocycles. The maximum Gasteiger partial charge on any atom is 0.335 e. The summed E-state index contributed by atoms with van der Waals surface area (Å²) in [5, 5.41) is 11.9. The molecule has 1 aromatic rings. The number of carboxylic acids is 1. The van der Waals surface area contributed by atoms with Crippen molar-refractivity contribution >= 4 is 21.5 Å². The molecule has 5 nitrogen and oxygen atoms in total. The van der Waals surface area contributed by atoms with Crippen molar-refractivity contribution in [1.29, 1.82) is 0 Å². The summed E-state index contributed by atoms with van der Waals surface area (Å²) in [4.78, 5) is 10.7. The molecule has 1 heterocycles. The van der Waals surface area contributed by atoms with Crippen LogP contribution in [0.1, 0.15) is 23.7 Å². The fraction of sp³-hybridized carbons (Fsp3) is 0.417. The molecular weight excluding hydrogens is 254 g/mol. The molecule has 6 heteroatoms. The molecule has 1 saturated heterocycles. The number of hydrogen-bond donors (Lipinski definition) is 2. The van der Waals surface area contributed by atoms with E-state index in [1.54, 1.807) is 12.1 Å². The molecule has 1 fully saturated rings. The highest BCUT2D eigenvalue weighted by molar-refractivity contribution is 7.91. The second-order valence-corrected chi connectivity index (χ2v) is 7.09. The quantitative estimate of drug-likeness (QED) is 0.866. The topological polar surface area (TPSA) is 83.5 Å². The lowest BCUT2D eigenvalue weighted by atomic mass is 10.0. The fourth-order valence-electron chi connectivity index (χ4n) is 2.15. The van der Waals surface area contributed by atoms with Crippen LogP contribution in [-0.4, -0.2) is 36.5 Å². The number of nitrogens with one attached hydrogen (secondary N) is 1. The van der Waals surface area contributed by atoms with Gasteiger partial charge in [0.05, 0.1) is 17.1 Å². The number of anilines is 1. The molecule has 1 aliphatic heterocycles. The average molecular weight is 269 g/mol. The van der Waals surface area contributed by atoms with Gasteiger partial charge >= 0.3 is 5.97 Å². The van der Waals surface area contributed by atoms with E-state index in [1.807, 2.05) is 6.92 Å². The summed E-state index contributed by atoms with van der Waals surface area (Å²) in [6.45, 7) is 1.86. The Balaban J connectivity index is 2.13. The van der Waals surface area contributed by atoms with Crippen molar-refractivity contribution in [1.82, 2.24) is 0 Å². The van der Waals surface area contributed by atoms with Crippen LogP contribution >= 0.6 is 0 Å². The minimum Gasteiger partial charge on any atom is -0.478 e. The minimum absolute atomic E-state index is 0.112. The van der Waals surface area contributed by atoms with Crippen LogP contribution in [0.25, 0.3) is 0 Å². The summed E-state index contributed by atoms with van der Waals surface area (Å²) in [7, 11) is -2.95. The van der Waals surface area contributed by atoms with Gasteiger partial charge in [-0.2, -0.15) is 0 Å². The van der Waals surface area contributed by atoms with Crippen LogP contribution in [-0.2, 0) is 9.84 Å². The Labute approximate surface area is 106 Å². The Morgan fingerprint density at radius 3 is 2.39 bits per heavy atom. The Bertz CT molecular complexity index is 564. The third kappa shape index (κ3) is 2.81. The van der Waals surface area contributed by atoms with E-state index in [0.29, 0.717) is 6.42 Å². The zero-order chi connectivity index (χ0) is 13.4. The monoisotopic (exact) mass is 269 g/mol. The van der Waals surface area contributed by atoms with Gasteiger partial charge in [0, 0.05) is 11.2 Å². The standard InChI is InChI=1S/C12H15NO4S/c1-12(6-7-18(16,17)8-12)13-10-4-2-9(3-5-10)11(14)15/h2-5,13H,6-8H2,1H3,(H,14,15). The maximum absolute atomic E-state index is 11.5. The molecule has 0 radical (unpaired) electrons. The van der Waals surface area contributed by atoms with Gasteiger partial charge in [0.1, 0.15) is 0 Å². The first-order valence-electron chi connectivity index (χ1n) is 5.62. The molecule has 2 rings (SSSR count). The van der Waals surface area contributed by atoms with Crippen LogP contribution in [0, 0.1) is 0 Å². The summed E-state index contributed by atoms with van der Waals surface area (Å²) in [6, 6.07) is 6.30. The largest absolute Gasteiger partial charge is 0.478 e. The first-order chi connectivity index (χ1) is 8.30. The van der Waals surface area contributed by atoms with Crippen molar-refractivity contribution in [3.8, 4) is 0 Å². The van der Waals surface area contributed by atoms with Gasteiger partial charge in [0.25, 0.3) is 0 Å². The SMILES string of the molecule is CC1(Nc2ccc(C(=O)O)cc2)CCS(=O)(=O)C1. The zero-order valence-corrected chi connectivity index (χ0v) is 10.8. The predicted octanol–water partition coefficient (Wildman–Crippen LogP) is 1.37. The summed E-state index contributed by atoms with van der Waals surface area (Å²) >= 11 is 0. The number of sulfone groups is 1. The molecule has 1 aromatic carbocycles. The van der Waals surface area contributed by atoms with E-state index in [-0.39, 0.29) is 17.1 Å². The fourth-order valence-corrected chi connectivity index (χ4v) is 4.25. The number of hydrogen-bond acceptors (Lipinski definition) is 4. The summed E-state index contributed by atoms with van der Waals surface area (Å²) in [5.74, 6) is -0.666. The van der Waals surface area contributed by atoms with Gasteiger partial charge < -0.3 is 10.4 Å². The van der Waals surface area contributed by atoms with Crippen molar-refractivity contribution < 1.29 is 18.3 Å². The van der Waals surface area contributed by atoms with E-state index in [2.05, 4.69) is 5.32 Å². The molecular formula is C12H15NO4S. The Morgan fingerprint density at radius 1 is 1.33 bits per heavy atom. The number of carbonyl (C=O) groups is 1. The molecule has 0 amide bonds. The Kier molecular flexibility index (Phi) is 3.06. The molecule has 1 unspecified atom stereocenters. The van der Waals surface area contributed by atoms with Gasteiger partial charge in [0.15, 0.2) is 9.84 Å². The van der Waals surface area contributed by atoms with E-state index >= 15 is 0 Å². The molecule has 0 saturated carbocycles. The molecule has 1 aliphatic rings. The lowest BCUT2D eigenvalue weighted by Crippen LogP contribution is -2.35. The van der Waals surface area contributed by atoms with Gasteiger partial charge in [-0.1, -0.05) is 0 Å². The van der Waals surface area contributed by atoms with Crippen LogP contribution in [0.4, 0.5) is 5.69 Å². The van der Waals surface area contributed by atoms with Crippen molar-refractivity contribution in [2.45, 2.75) is 18.9 Å². The maximum atomic E-state index is 11.5. The molecule has 0 bridgehead atoms. The third-order valence-electron chi connectivity index (χ3n) is 3.08. The number of rotatable bonds is 3. The molecule has 0 aliphatic carbocycles. The van der Waals surface area contributed by atoms with Crippen molar-refractivity contribution in [3.63, 3.8) is 0 Å². The van der Waals surface area contributed by atoms with E-state index in [0.717, 1.165) is 5.69 Å². The van der Waals surface area contributed by atoms with Gasteiger partial charge in [-0.05, 0) is 37.6 Å². The lowest BCUT2D eigenvalue weighted by molar-refractivity contribution is 0.0697. The van der Waals surface area contributed by atoms with E-state index in [1.165, 1.54) is 12.1 Å². The highest BCUT2D eigenvalue weighted by Crippen LogP contribution is 2.27. The highest BCUT2D eigenvalue weighted by Gasteiger charge is 2.38. The summed E-state index contributed by atoms with van der Waals surface area (Å²) < 4.78 is 22.9. The summed E-state index contributed by atoms with van der Waals surface area (Å²) in [6.07, 6.45) is 0.565. The number of carboxylic acid groups (broad SMARTS) is 1. The van der Waals surface area contributed by atoms with Crippen molar-refractivity contribution in [2.75, 3.05) is 16.8 Å². The van der Waals surface area contributed by atoms with Crippen LogP contribution in [0.2, 0.25) is 0 Å². The van der Waals surface area contributed by atoms with E-state index < -0.39 is 21.3 Å². The molecule has 0 spiro atoms. The van der Waals surface area contributed by atoms with Crippen LogP contribution < -0.4 is 5.32 Å². The lowest BCUT2D eigenvalue weighted by Gasteiger charge is -2.25. The second kappa shape index (κ2) is 4.28. The zero-order valence-electron chi connectivity index (χ0n) is 10.0. The number of benzene rings is 1. The first kappa shape index (κ1) is 12.9. The molecule has 1 atom stereocenters. The van der Waals surface area contributed by atoms with Crippen LogP contribution in [0.3, 0.4) is 0 Å². The third-order valence-corrected chi connectivity index (χ3v) is 4.98. The molecule has 98 valence electrons. The smallest absolute Gasteiger partial charge is 0.335 e. The van der Waals surface area contributed by atoms with Crippen molar-refractivity contribution in [2.24, 2.45) is 0 Å². The minimum atomic E-state index is -2.95. The Hall–Kier alpha value is -1.56.